The van der Waals surface area contributed by atoms with Gasteiger partial charge in [0.2, 0.25) is 5.91 Å². The maximum absolute atomic E-state index is 11.6. The van der Waals surface area contributed by atoms with Gasteiger partial charge in [0, 0.05) is 6.04 Å². The van der Waals surface area contributed by atoms with Crippen LogP contribution >= 0.6 is 11.3 Å². The summed E-state index contributed by atoms with van der Waals surface area (Å²) in [7, 11) is 0. The molecule has 4 heteroatoms. The van der Waals surface area contributed by atoms with Gasteiger partial charge in [-0.15, -0.1) is 0 Å². The maximum Gasteiger partial charge on any atom is 0.246 e. The van der Waals surface area contributed by atoms with E-state index in [1.807, 2.05) is 33.1 Å². The van der Waals surface area contributed by atoms with E-state index in [4.69, 9.17) is 4.74 Å². The Balaban J connectivity index is 2.26. The van der Waals surface area contributed by atoms with Crippen LogP contribution in [-0.2, 0) is 16.0 Å². The van der Waals surface area contributed by atoms with Crippen LogP contribution in [0.1, 0.15) is 33.3 Å². The SMILES string of the molecule is CC(Cc1ccsc1)NC(=O)COC(C)(C)C. The highest BCUT2D eigenvalue weighted by Gasteiger charge is 2.14. The molecule has 17 heavy (non-hydrogen) atoms. The first-order valence-corrected chi connectivity index (χ1v) is 6.75. The number of nitrogens with one attached hydrogen (secondary N) is 1. The van der Waals surface area contributed by atoms with Crippen LogP contribution in [0.5, 0.6) is 0 Å². The first-order chi connectivity index (χ1) is 7.87. The molecule has 0 spiro atoms. The lowest BCUT2D eigenvalue weighted by atomic mass is 10.1. The van der Waals surface area contributed by atoms with Crippen LogP contribution in [-0.4, -0.2) is 24.2 Å². The van der Waals surface area contributed by atoms with Crippen molar-refractivity contribution in [2.45, 2.75) is 45.8 Å². The number of amides is 1. The summed E-state index contributed by atoms with van der Waals surface area (Å²) < 4.78 is 5.42. The Bertz CT molecular complexity index is 341. The minimum atomic E-state index is -0.270. The lowest BCUT2D eigenvalue weighted by molar-refractivity contribution is -0.131. The smallest absolute Gasteiger partial charge is 0.246 e. The summed E-state index contributed by atoms with van der Waals surface area (Å²) in [5.41, 5.74) is 0.994. The number of carbonyl (C=O) groups excluding carboxylic acids is 1. The molecule has 1 atom stereocenters. The van der Waals surface area contributed by atoms with Gasteiger partial charge >= 0.3 is 0 Å². The van der Waals surface area contributed by atoms with Gasteiger partial charge in [0.05, 0.1) is 5.60 Å². The van der Waals surface area contributed by atoms with Gasteiger partial charge < -0.3 is 10.1 Å². The molecule has 1 aromatic heterocycles. The first kappa shape index (κ1) is 14.2. The van der Waals surface area contributed by atoms with Crippen molar-refractivity contribution >= 4 is 17.2 Å². The predicted molar refractivity (Wildman–Crippen MR) is 71.3 cm³/mol. The molecule has 1 heterocycles. The molecule has 0 aliphatic rings. The van der Waals surface area contributed by atoms with Crippen molar-refractivity contribution in [2.24, 2.45) is 0 Å². The standard InChI is InChI=1S/C13H21NO2S/c1-10(7-11-5-6-17-9-11)14-12(15)8-16-13(2,3)4/h5-6,9-10H,7-8H2,1-4H3,(H,14,15). The molecule has 1 unspecified atom stereocenters. The van der Waals surface area contributed by atoms with E-state index in [1.54, 1.807) is 11.3 Å². The Morgan fingerprint density at radius 3 is 2.76 bits per heavy atom. The quantitative estimate of drug-likeness (QED) is 0.878. The molecule has 1 amide bonds. The highest BCUT2D eigenvalue weighted by molar-refractivity contribution is 7.07. The van der Waals surface area contributed by atoms with Crippen LogP contribution in [0.3, 0.4) is 0 Å². The Morgan fingerprint density at radius 2 is 2.24 bits per heavy atom. The molecule has 1 rings (SSSR count). The summed E-state index contributed by atoms with van der Waals surface area (Å²) in [5.74, 6) is -0.0531. The summed E-state index contributed by atoms with van der Waals surface area (Å²) in [5, 5.41) is 7.09. The molecule has 3 nitrogen and oxygen atoms in total. The van der Waals surface area contributed by atoms with Crippen molar-refractivity contribution in [1.29, 1.82) is 0 Å². The van der Waals surface area contributed by atoms with Gasteiger partial charge in [-0.2, -0.15) is 11.3 Å². The van der Waals surface area contributed by atoms with E-state index >= 15 is 0 Å². The Morgan fingerprint density at radius 1 is 1.53 bits per heavy atom. The molecule has 0 saturated carbocycles. The Hall–Kier alpha value is -0.870. The second kappa shape index (κ2) is 6.17. The average molecular weight is 255 g/mol. The Labute approximate surface area is 107 Å². The van der Waals surface area contributed by atoms with Crippen LogP contribution in [0.25, 0.3) is 0 Å². The minimum absolute atomic E-state index is 0.0531. The zero-order chi connectivity index (χ0) is 12.9. The summed E-state index contributed by atoms with van der Waals surface area (Å²) in [4.78, 5) is 11.6. The van der Waals surface area contributed by atoms with E-state index < -0.39 is 0 Å². The van der Waals surface area contributed by atoms with Crippen molar-refractivity contribution < 1.29 is 9.53 Å². The topological polar surface area (TPSA) is 38.3 Å². The average Bonchev–Trinajstić information content (AvgIpc) is 2.66. The predicted octanol–water partition coefficient (Wildman–Crippen LogP) is 2.61. The Kier molecular flexibility index (Phi) is 5.15. The van der Waals surface area contributed by atoms with E-state index in [-0.39, 0.29) is 24.2 Å². The fraction of sp³-hybridized carbons (Fsp3) is 0.615. The van der Waals surface area contributed by atoms with Gasteiger partial charge in [-0.1, -0.05) is 0 Å². The van der Waals surface area contributed by atoms with Crippen LogP contribution in [0.15, 0.2) is 16.8 Å². The van der Waals surface area contributed by atoms with Crippen LogP contribution < -0.4 is 5.32 Å². The molecule has 0 bridgehead atoms. The highest BCUT2D eigenvalue weighted by atomic mass is 32.1. The van der Waals surface area contributed by atoms with E-state index in [0.717, 1.165) is 6.42 Å². The molecule has 0 aliphatic heterocycles. The molecule has 0 fully saturated rings. The third-order valence-corrected chi connectivity index (χ3v) is 2.90. The highest BCUT2D eigenvalue weighted by Crippen LogP contribution is 2.09. The zero-order valence-corrected chi connectivity index (χ0v) is 11.8. The molecule has 0 aliphatic carbocycles. The molecular formula is C13H21NO2S. The number of ether oxygens (including phenoxy) is 1. The molecule has 0 radical (unpaired) electrons. The molecule has 1 aromatic rings. The summed E-state index contributed by atoms with van der Waals surface area (Å²) in [6.07, 6.45) is 0.866. The van der Waals surface area contributed by atoms with E-state index in [0.29, 0.717) is 0 Å². The second-order valence-corrected chi connectivity index (χ2v) is 5.99. The third kappa shape index (κ3) is 6.44. The third-order valence-electron chi connectivity index (χ3n) is 2.17. The van der Waals surface area contributed by atoms with Crippen LogP contribution in [0.4, 0.5) is 0 Å². The minimum Gasteiger partial charge on any atom is -0.366 e. The summed E-state index contributed by atoms with van der Waals surface area (Å²) in [6.45, 7) is 7.95. The number of rotatable bonds is 5. The van der Waals surface area contributed by atoms with Crippen molar-refractivity contribution in [3.8, 4) is 0 Å². The fourth-order valence-corrected chi connectivity index (χ4v) is 2.09. The van der Waals surface area contributed by atoms with Gasteiger partial charge in [-0.05, 0) is 56.5 Å². The largest absolute Gasteiger partial charge is 0.366 e. The lowest BCUT2D eigenvalue weighted by Crippen LogP contribution is -2.38. The number of hydrogen-bond acceptors (Lipinski definition) is 3. The van der Waals surface area contributed by atoms with Crippen molar-refractivity contribution in [3.05, 3.63) is 22.4 Å². The summed E-state index contributed by atoms with van der Waals surface area (Å²) >= 11 is 1.68. The molecule has 0 aromatic carbocycles. The van der Waals surface area contributed by atoms with Gasteiger partial charge in [0.15, 0.2) is 0 Å². The number of thiophene rings is 1. The zero-order valence-electron chi connectivity index (χ0n) is 10.9. The van der Waals surface area contributed by atoms with Gasteiger partial charge in [0.25, 0.3) is 0 Å². The second-order valence-electron chi connectivity index (χ2n) is 5.21. The van der Waals surface area contributed by atoms with Gasteiger partial charge in [-0.3, -0.25) is 4.79 Å². The number of carbonyl (C=O) groups is 1. The maximum atomic E-state index is 11.6. The van der Waals surface area contributed by atoms with Gasteiger partial charge in [0.1, 0.15) is 6.61 Å². The van der Waals surface area contributed by atoms with Crippen molar-refractivity contribution in [2.75, 3.05) is 6.61 Å². The molecule has 96 valence electrons. The van der Waals surface area contributed by atoms with Crippen LogP contribution in [0.2, 0.25) is 0 Å². The van der Waals surface area contributed by atoms with Gasteiger partial charge in [-0.25, -0.2) is 0 Å². The lowest BCUT2D eigenvalue weighted by Gasteiger charge is -2.20. The molecule has 1 N–H and O–H groups in total. The monoisotopic (exact) mass is 255 g/mol. The van der Waals surface area contributed by atoms with Crippen molar-refractivity contribution in [3.63, 3.8) is 0 Å². The van der Waals surface area contributed by atoms with E-state index in [9.17, 15) is 4.79 Å². The summed E-state index contributed by atoms with van der Waals surface area (Å²) in [6, 6.07) is 2.22. The first-order valence-electron chi connectivity index (χ1n) is 5.81. The van der Waals surface area contributed by atoms with Crippen molar-refractivity contribution in [1.82, 2.24) is 5.32 Å². The van der Waals surface area contributed by atoms with Crippen LogP contribution in [0, 0.1) is 0 Å². The van der Waals surface area contributed by atoms with E-state index in [1.165, 1.54) is 5.56 Å². The number of hydrogen-bond donors (Lipinski definition) is 1. The molecule has 0 saturated heterocycles. The van der Waals surface area contributed by atoms with E-state index in [2.05, 4.69) is 16.8 Å². The molecular weight excluding hydrogens is 234 g/mol. The normalized spacial score (nSPS) is 13.4. The fourth-order valence-electron chi connectivity index (χ4n) is 1.41.